The zero-order chi connectivity index (χ0) is 17.2. The summed E-state index contributed by atoms with van der Waals surface area (Å²) in [4.78, 5) is 35.5. The molecule has 2 heterocycles. The molecule has 7 nitrogen and oxygen atoms in total. The Labute approximate surface area is 142 Å². The molecule has 0 aromatic carbocycles. The number of carbonyl (C=O) groups is 2. The van der Waals surface area contributed by atoms with Crippen LogP contribution in [0.1, 0.15) is 55.8 Å². The minimum atomic E-state index is -0.790. The third kappa shape index (κ3) is 3.07. The molecule has 2 amide bonds. The quantitative estimate of drug-likeness (QED) is 0.874. The van der Waals surface area contributed by atoms with Crippen molar-refractivity contribution in [3.63, 3.8) is 0 Å². The Hall–Kier alpha value is -2.18. The molecule has 130 valence electrons. The zero-order valence-corrected chi connectivity index (χ0v) is 14.3. The van der Waals surface area contributed by atoms with Gasteiger partial charge in [0.05, 0.1) is 5.56 Å². The van der Waals surface area contributed by atoms with Gasteiger partial charge in [0.1, 0.15) is 5.54 Å². The van der Waals surface area contributed by atoms with Gasteiger partial charge >= 0.3 is 0 Å². The molecule has 2 N–H and O–H groups in total. The van der Waals surface area contributed by atoms with E-state index in [1.54, 1.807) is 11.9 Å². The fourth-order valence-corrected chi connectivity index (χ4v) is 3.66. The summed E-state index contributed by atoms with van der Waals surface area (Å²) in [7, 11) is 1.72. The van der Waals surface area contributed by atoms with Gasteiger partial charge in [0, 0.05) is 32.0 Å². The van der Waals surface area contributed by atoms with Crippen molar-refractivity contribution < 1.29 is 9.59 Å². The Balaban J connectivity index is 1.75. The van der Waals surface area contributed by atoms with Crippen LogP contribution in [0.2, 0.25) is 0 Å². The summed E-state index contributed by atoms with van der Waals surface area (Å²) < 4.78 is 0. The van der Waals surface area contributed by atoms with E-state index in [-0.39, 0.29) is 17.9 Å². The van der Waals surface area contributed by atoms with E-state index in [1.807, 2.05) is 6.92 Å². The lowest BCUT2D eigenvalue weighted by molar-refractivity contribution is -0.130. The summed E-state index contributed by atoms with van der Waals surface area (Å²) in [5.41, 5.74) is -0.378. The maximum atomic E-state index is 12.8. The van der Waals surface area contributed by atoms with Crippen LogP contribution in [-0.2, 0) is 4.79 Å². The molecular weight excluding hydrogens is 306 g/mol. The Kier molecular flexibility index (Phi) is 4.69. The third-order valence-corrected chi connectivity index (χ3v) is 5.19. The lowest BCUT2D eigenvalue weighted by Gasteiger charge is -2.34. The summed E-state index contributed by atoms with van der Waals surface area (Å²) in [5, 5.41) is 5.97. The summed E-state index contributed by atoms with van der Waals surface area (Å²) in [6, 6.07) is 0.255. The predicted molar refractivity (Wildman–Crippen MR) is 90.7 cm³/mol. The summed E-state index contributed by atoms with van der Waals surface area (Å²) in [6.07, 6.45) is 8.94. The van der Waals surface area contributed by atoms with E-state index in [4.69, 9.17) is 0 Å². The molecule has 2 fully saturated rings. The topological polar surface area (TPSA) is 87.2 Å². The first-order valence-electron chi connectivity index (χ1n) is 8.67. The number of hydrogen-bond donors (Lipinski definition) is 2. The number of amides is 2. The van der Waals surface area contributed by atoms with Gasteiger partial charge in [-0.3, -0.25) is 9.59 Å². The number of anilines is 1. The second-order valence-electron chi connectivity index (χ2n) is 6.83. The molecule has 3 rings (SSSR count). The molecule has 1 aromatic rings. The van der Waals surface area contributed by atoms with Gasteiger partial charge in [-0.15, -0.1) is 0 Å². The van der Waals surface area contributed by atoms with Crippen molar-refractivity contribution in [2.45, 2.75) is 57.0 Å². The fourth-order valence-electron chi connectivity index (χ4n) is 3.66. The van der Waals surface area contributed by atoms with Crippen molar-refractivity contribution in [3.05, 3.63) is 18.0 Å². The van der Waals surface area contributed by atoms with Crippen LogP contribution in [0.3, 0.4) is 0 Å². The first kappa shape index (κ1) is 16.7. The van der Waals surface area contributed by atoms with E-state index in [0.29, 0.717) is 24.5 Å². The van der Waals surface area contributed by atoms with Gasteiger partial charge in [-0.2, -0.15) is 0 Å². The molecule has 24 heavy (non-hydrogen) atoms. The average molecular weight is 331 g/mol. The van der Waals surface area contributed by atoms with Gasteiger partial charge in [0.2, 0.25) is 11.9 Å². The molecule has 1 aliphatic heterocycles. The van der Waals surface area contributed by atoms with Crippen molar-refractivity contribution in [3.8, 4) is 0 Å². The normalized spacial score (nSPS) is 24.2. The average Bonchev–Trinajstić information content (AvgIpc) is 3.24. The van der Waals surface area contributed by atoms with E-state index in [0.717, 1.165) is 19.3 Å². The van der Waals surface area contributed by atoms with E-state index < -0.39 is 5.54 Å². The van der Waals surface area contributed by atoms with Gasteiger partial charge in [-0.05, 0) is 32.6 Å². The van der Waals surface area contributed by atoms with E-state index in [1.165, 1.54) is 25.2 Å². The van der Waals surface area contributed by atoms with Crippen LogP contribution in [0.15, 0.2) is 12.4 Å². The minimum absolute atomic E-state index is 0.0342. The van der Waals surface area contributed by atoms with Crippen molar-refractivity contribution >= 4 is 17.8 Å². The van der Waals surface area contributed by atoms with Gasteiger partial charge in [0.25, 0.3) is 5.91 Å². The number of likely N-dealkylation sites (tertiary alicyclic amines) is 1. The largest absolute Gasteiger partial charge is 0.357 e. The molecule has 0 radical (unpaired) electrons. The maximum absolute atomic E-state index is 12.8. The van der Waals surface area contributed by atoms with Crippen LogP contribution >= 0.6 is 0 Å². The van der Waals surface area contributed by atoms with E-state index in [2.05, 4.69) is 20.6 Å². The number of hydrogen-bond acceptors (Lipinski definition) is 5. The van der Waals surface area contributed by atoms with Gasteiger partial charge < -0.3 is 15.5 Å². The number of aromatic nitrogens is 2. The molecular formula is C17H25N5O2. The first-order chi connectivity index (χ1) is 11.5. The van der Waals surface area contributed by atoms with Crippen LogP contribution in [0.4, 0.5) is 5.95 Å². The second-order valence-corrected chi connectivity index (χ2v) is 6.83. The molecule has 2 aliphatic rings. The smallest absolute Gasteiger partial charge is 0.257 e. The zero-order valence-electron chi connectivity index (χ0n) is 14.3. The van der Waals surface area contributed by atoms with Crippen molar-refractivity contribution in [1.82, 2.24) is 20.2 Å². The molecule has 1 saturated heterocycles. The van der Waals surface area contributed by atoms with Crippen LogP contribution in [-0.4, -0.2) is 51.9 Å². The van der Waals surface area contributed by atoms with Crippen LogP contribution < -0.4 is 10.6 Å². The molecule has 1 unspecified atom stereocenters. The number of nitrogens with one attached hydrogen (secondary N) is 2. The highest BCUT2D eigenvalue weighted by Gasteiger charge is 2.46. The molecule has 1 atom stereocenters. The Bertz CT molecular complexity index is 612. The lowest BCUT2D eigenvalue weighted by Crippen LogP contribution is -2.57. The number of rotatable bonds is 4. The highest BCUT2D eigenvalue weighted by Crippen LogP contribution is 2.31. The number of nitrogens with zero attached hydrogens (tertiary/aromatic N) is 3. The highest BCUT2D eigenvalue weighted by molar-refractivity contribution is 5.99. The van der Waals surface area contributed by atoms with Gasteiger partial charge in [0.15, 0.2) is 0 Å². The van der Waals surface area contributed by atoms with E-state index >= 15 is 0 Å². The molecule has 0 bridgehead atoms. The monoisotopic (exact) mass is 331 g/mol. The van der Waals surface area contributed by atoms with Gasteiger partial charge in [-0.1, -0.05) is 12.8 Å². The summed E-state index contributed by atoms with van der Waals surface area (Å²) in [5.74, 6) is 0.252. The summed E-state index contributed by atoms with van der Waals surface area (Å²) in [6.45, 7) is 2.45. The van der Waals surface area contributed by atoms with Crippen LogP contribution in [0.5, 0.6) is 0 Å². The van der Waals surface area contributed by atoms with Crippen molar-refractivity contribution in [1.29, 1.82) is 0 Å². The third-order valence-electron chi connectivity index (χ3n) is 5.19. The number of carbonyl (C=O) groups excluding carboxylic acids is 2. The van der Waals surface area contributed by atoms with Crippen molar-refractivity contribution in [2.75, 3.05) is 18.9 Å². The fraction of sp³-hybridized carbons (Fsp3) is 0.647. The molecule has 1 aromatic heterocycles. The molecule has 7 heteroatoms. The standard InChI is InChI=1S/C17H25N5O2/c1-17(15(24)21-13-6-3-4-7-13)8-5-9-22(17)14(23)12-10-19-16(18-2)20-11-12/h10-11,13H,3-9H2,1-2H3,(H,21,24)(H,18,19,20). The lowest BCUT2D eigenvalue weighted by atomic mass is 9.96. The first-order valence-corrected chi connectivity index (χ1v) is 8.67. The Morgan fingerprint density at radius 2 is 1.88 bits per heavy atom. The summed E-state index contributed by atoms with van der Waals surface area (Å²) >= 11 is 0. The van der Waals surface area contributed by atoms with E-state index in [9.17, 15) is 9.59 Å². The predicted octanol–water partition coefficient (Wildman–Crippen LogP) is 1.57. The van der Waals surface area contributed by atoms with Crippen molar-refractivity contribution in [2.24, 2.45) is 0 Å². The van der Waals surface area contributed by atoms with Crippen LogP contribution in [0, 0.1) is 0 Å². The Morgan fingerprint density at radius 3 is 2.50 bits per heavy atom. The van der Waals surface area contributed by atoms with Crippen LogP contribution in [0.25, 0.3) is 0 Å². The SMILES string of the molecule is CNc1ncc(C(=O)N2CCCC2(C)C(=O)NC2CCCC2)cn1. The second kappa shape index (κ2) is 6.75. The highest BCUT2D eigenvalue weighted by atomic mass is 16.2. The molecule has 1 saturated carbocycles. The molecule has 1 aliphatic carbocycles. The Morgan fingerprint density at radius 1 is 1.21 bits per heavy atom. The minimum Gasteiger partial charge on any atom is -0.357 e. The molecule has 0 spiro atoms. The van der Waals surface area contributed by atoms with Gasteiger partial charge in [-0.25, -0.2) is 9.97 Å². The maximum Gasteiger partial charge on any atom is 0.257 e.